The zero-order valence-electron chi connectivity index (χ0n) is 10.5. The van der Waals surface area contributed by atoms with E-state index >= 15 is 0 Å². The van der Waals surface area contributed by atoms with Crippen molar-refractivity contribution in [3.8, 4) is 0 Å². The van der Waals surface area contributed by atoms with E-state index in [1.54, 1.807) is 0 Å². The van der Waals surface area contributed by atoms with E-state index in [2.05, 4.69) is 20.1 Å². The molecule has 1 saturated heterocycles. The summed E-state index contributed by atoms with van der Waals surface area (Å²) in [7, 11) is 0. The predicted octanol–water partition coefficient (Wildman–Crippen LogP) is 1.55. The molecule has 1 unspecified atom stereocenters. The van der Waals surface area contributed by atoms with E-state index in [4.69, 9.17) is 0 Å². The number of hydrogen-bond acceptors (Lipinski definition) is 3. The molecule has 0 spiro atoms. The van der Waals surface area contributed by atoms with Crippen molar-refractivity contribution in [2.24, 2.45) is 5.92 Å². The van der Waals surface area contributed by atoms with E-state index in [1.165, 1.54) is 56.8 Å². The van der Waals surface area contributed by atoms with Crippen LogP contribution in [0.2, 0.25) is 0 Å². The lowest BCUT2D eigenvalue weighted by Crippen LogP contribution is -2.30. The second-order valence-corrected chi connectivity index (χ2v) is 5.39. The third-order valence-corrected chi connectivity index (χ3v) is 4.11. The Bertz CT molecular complexity index is 365. The molecule has 3 heterocycles. The number of nitrogens with one attached hydrogen (secondary N) is 1. The summed E-state index contributed by atoms with van der Waals surface area (Å²) in [6.45, 7) is 3.54. The maximum Gasteiger partial charge on any atom is 0.133 e. The largest absolute Gasteiger partial charge is 0.316 e. The number of hydrogen-bond donors (Lipinski definition) is 1. The topological polar surface area (TPSA) is 42.7 Å². The molecule has 3 rings (SSSR count). The highest BCUT2D eigenvalue weighted by atomic mass is 15.3. The molecule has 0 amide bonds. The van der Waals surface area contributed by atoms with Crippen LogP contribution in [0, 0.1) is 5.92 Å². The highest BCUT2D eigenvalue weighted by molar-refractivity contribution is 4.99. The maximum absolute atomic E-state index is 4.37. The molecule has 1 N–H and O–H groups in total. The lowest BCUT2D eigenvalue weighted by atomic mass is 9.94. The summed E-state index contributed by atoms with van der Waals surface area (Å²) in [5.41, 5.74) is 0. The fourth-order valence-corrected chi connectivity index (χ4v) is 3.06. The summed E-state index contributed by atoms with van der Waals surface area (Å²) in [5, 5.41) is 12.2. The van der Waals surface area contributed by atoms with Crippen LogP contribution < -0.4 is 5.32 Å². The van der Waals surface area contributed by atoms with Crippen molar-refractivity contribution in [3.05, 3.63) is 11.6 Å². The summed E-state index contributed by atoms with van der Waals surface area (Å²) in [6.07, 6.45) is 8.80. The summed E-state index contributed by atoms with van der Waals surface area (Å²) >= 11 is 0. The van der Waals surface area contributed by atoms with Gasteiger partial charge in [0.2, 0.25) is 0 Å². The smallest absolute Gasteiger partial charge is 0.133 e. The summed E-state index contributed by atoms with van der Waals surface area (Å²) in [5.74, 6) is 3.29. The molecule has 1 aromatic heterocycles. The van der Waals surface area contributed by atoms with Gasteiger partial charge in [-0.2, -0.15) is 0 Å². The van der Waals surface area contributed by atoms with Gasteiger partial charge in [-0.05, 0) is 51.1 Å². The van der Waals surface area contributed by atoms with Gasteiger partial charge < -0.3 is 9.88 Å². The first kappa shape index (κ1) is 11.2. The Morgan fingerprint density at radius 3 is 3.12 bits per heavy atom. The van der Waals surface area contributed by atoms with Gasteiger partial charge in [0.1, 0.15) is 11.6 Å². The highest BCUT2D eigenvalue weighted by Gasteiger charge is 2.18. The van der Waals surface area contributed by atoms with Gasteiger partial charge in [-0.25, -0.2) is 0 Å². The Kier molecular flexibility index (Phi) is 3.41. The molecule has 1 aromatic rings. The van der Waals surface area contributed by atoms with Crippen molar-refractivity contribution < 1.29 is 0 Å². The third kappa shape index (κ3) is 2.51. The lowest BCUT2D eigenvalue weighted by Gasteiger charge is -2.22. The number of rotatable bonds is 3. The van der Waals surface area contributed by atoms with Crippen molar-refractivity contribution in [3.63, 3.8) is 0 Å². The van der Waals surface area contributed by atoms with Gasteiger partial charge in [0.05, 0.1) is 0 Å². The first-order chi connectivity index (χ1) is 8.43. The van der Waals surface area contributed by atoms with Gasteiger partial charge in [-0.3, -0.25) is 0 Å². The quantitative estimate of drug-likeness (QED) is 0.863. The first-order valence-corrected chi connectivity index (χ1v) is 7.05. The van der Waals surface area contributed by atoms with Gasteiger partial charge in [-0.1, -0.05) is 0 Å². The van der Waals surface area contributed by atoms with Crippen LogP contribution in [0.3, 0.4) is 0 Å². The minimum Gasteiger partial charge on any atom is -0.316 e. The molecule has 0 saturated carbocycles. The van der Waals surface area contributed by atoms with Crippen LogP contribution in [0.25, 0.3) is 0 Å². The maximum atomic E-state index is 4.37. The van der Waals surface area contributed by atoms with Gasteiger partial charge in [0.25, 0.3) is 0 Å². The normalized spacial score (nSPS) is 24.6. The summed E-state index contributed by atoms with van der Waals surface area (Å²) in [6, 6.07) is 0. The van der Waals surface area contributed by atoms with Crippen molar-refractivity contribution in [1.29, 1.82) is 0 Å². The van der Waals surface area contributed by atoms with E-state index in [0.717, 1.165) is 25.3 Å². The highest BCUT2D eigenvalue weighted by Crippen LogP contribution is 2.19. The number of aromatic nitrogens is 3. The second kappa shape index (κ2) is 5.17. The molecule has 4 nitrogen and oxygen atoms in total. The molecule has 1 atom stereocenters. The van der Waals surface area contributed by atoms with Crippen molar-refractivity contribution in [2.75, 3.05) is 13.1 Å². The van der Waals surface area contributed by atoms with Crippen LogP contribution in [0.5, 0.6) is 0 Å². The van der Waals surface area contributed by atoms with E-state index in [-0.39, 0.29) is 0 Å². The van der Waals surface area contributed by atoms with Crippen LogP contribution in [-0.4, -0.2) is 27.9 Å². The SMILES string of the molecule is C1CCn2c(nnc2CCC2CCCNC2)C1. The molecule has 2 aliphatic rings. The Balaban J connectivity index is 1.59. The fraction of sp³-hybridized carbons (Fsp3) is 0.846. The molecule has 94 valence electrons. The van der Waals surface area contributed by atoms with E-state index in [1.807, 2.05) is 0 Å². The Labute approximate surface area is 103 Å². The molecule has 2 aliphatic heterocycles. The second-order valence-electron chi connectivity index (χ2n) is 5.39. The average Bonchev–Trinajstić information content (AvgIpc) is 2.81. The minimum atomic E-state index is 0.847. The molecule has 1 fully saturated rings. The first-order valence-electron chi connectivity index (χ1n) is 7.05. The van der Waals surface area contributed by atoms with Crippen LogP contribution in [-0.2, 0) is 19.4 Å². The Morgan fingerprint density at radius 2 is 2.24 bits per heavy atom. The van der Waals surface area contributed by atoms with Gasteiger partial charge in [0.15, 0.2) is 0 Å². The summed E-state index contributed by atoms with van der Waals surface area (Å²) in [4.78, 5) is 0. The average molecular weight is 234 g/mol. The number of aryl methyl sites for hydroxylation is 2. The molecule has 0 aliphatic carbocycles. The van der Waals surface area contributed by atoms with Crippen LogP contribution in [0.1, 0.15) is 43.8 Å². The lowest BCUT2D eigenvalue weighted by molar-refractivity contribution is 0.353. The zero-order chi connectivity index (χ0) is 11.5. The van der Waals surface area contributed by atoms with Gasteiger partial charge in [-0.15, -0.1) is 10.2 Å². The number of fused-ring (bicyclic) bond motifs is 1. The van der Waals surface area contributed by atoms with E-state index < -0.39 is 0 Å². The van der Waals surface area contributed by atoms with Crippen LogP contribution >= 0.6 is 0 Å². The standard InChI is InChI=1S/C13H22N4/c1-2-9-17-12(5-1)15-16-13(17)7-6-11-4-3-8-14-10-11/h11,14H,1-10H2. The molecular weight excluding hydrogens is 212 g/mol. The third-order valence-electron chi connectivity index (χ3n) is 4.11. The van der Waals surface area contributed by atoms with Gasteiger partial charge >= 0.3 is 0 Å². The Morgan fingerprint density at radius 1 is 1.24 bits per heavy atom. The summed E-state index contributed by atoms with van der Waals surface area (Å²) < 4.78 is 2.36. The van der Waals surface area contributed by atoms with Crippen molar-refractivity contribution in [2.45, 2.75) is 51.5 Å². The fourth-order valence-electron chi connectivity index (χ4n) is 3.06. The predicted molar refractivity (Wildman–Crippen MR) is 66.9 cm³/mol. The van der Waals surface area contributed by atoms with E-state index in [9.17, 15) is 0 Å². The van der Waals surface area contributed by atoms with Crippen molar-refractivity contribution in [1.82, 2.24) is 20.1 Å². The monoisotopic (exact) mass is 234 g/mol. The molecule has 0 radical (unpaired) electrons. The number of nitrogens with zero attached hydrogens (tertiary/aromatic N) is 3. The van der Waals surface area contributed by atoms with Crippen LogP contribution in [0.15, 0.2) is 0 Å². The molecule has 4 heteroatoms. The molecule has 0 aromatic carbocycles. The minimum absolute atomic E-state index is 0.847. The van der Waals surface area contributed by atoms with Crippen LogP contribution in [0.4, 0.5) is 0 Å². The van der Waals surface area contributed by atoms with Crippen molar-refractivity contribution >= 4 is 0 Å². The Hall–Kier alpha value is -0.900. The molecule has 0 bridgehead atoms. The molecular formula is C13H22N4. The van der Waals surface area contributed by atoms with Gasteiger partial charge in [0, 0.05) is 19.4 Å². The molecule has 17 heavy (non-hydrogen) atoms. The number of piperidine rings is 1. The zero-order valence-corrected chi connectivity index (χ0v) is 10.5. The van der Waals surface area contributed by atoms with E-state index in [0.29, 0.717) is 0 Å².